The predicted octanol–water partition coefficient (Wildman–Crippen LogP) is 6.09. The van der Waals surface area contributed by atoms with Crippen LogP contribution in [0.3, 0.4) is 0 Å². The van der Waals surface area contributed by atoms with E-state index in [-0.39, 0.29) is 16.3 Å². The molecule has 1 N–H and O–H groups in total. The van der Waals surface area contributed by atoms with Crippen molar-refractivity contribution in [2.75, 3.05) is 11.9 Å². The molecule has 0 spiro atoms. The summed E-state index contributed by atoms with van der Waals surface area (Å²) in [5.74, 6) is -0.750. The maximum atomic E-state index is 12.5. The number of carbonyl (C=O) groups is 3. The SMILES string of the molecule is O=Cc1ccc(-c2ccc(Cl)c(C(=O)OCC(=O)Nc3nc(-c4ccc(Br)cc4)cs3)c2)o1. The Bertz CT molecular complexity index is 1330. The number of thiazole rings is 1. The third-order valence-corrected chi connectivity index (χ3v) is 6.05. The van der Waals surface area contributed by atoms with Gasteiger partial charge in [0.2, 0.25) is 0 Å². The lowest BCUT2D eigenvalue weighted by Gasteiger charge is -2.07. The molecular weight excluding hydrogens is 532 g/mol. The molecule has 7 nitrogen and oxygen atoms in total. The Morgan fingerprint density at radius 2 is 1.88 bits per heavy atom. The molecule has 0 fully saturated rings. The number of rotatable bonds is 7. The van der Waals surface area contributed by atoms with Crippen molar-refractivity contribution in [3.63, 3.8) is 0 Å². The van der Waals surface area contributed by atoms with Crippen molar-refractivity contribution in [1.82, 2.24) is 4.98 Å². The van der Waals surface area contributed by atoms with Gasteiger partial charge in [-0.2, -0.15) is 0 Å². The summed E-state index contributed by atoms with van der Waals surface area (Å²) in [4.78, 5) is 39.9. The molecule has 2 aromatic carbocycles. The molecule has 2 aromatic heterocycles. The van der Waals surface area contributed by atoms with E-state index in [0.717, 1.165) is 15.7 Å². The Kier molecular flexibility index (Phi) is 7.02. The minimum Gasteiger partial charge on any atom is -0.453 e. The normalized spacial score (nSPS) is 10.6. The van der Waals surface area contributed by atoms with Crippen molar-refractivity contribution < 1.29 is 23.5 Å². The van der Waals surface area contributed by atoms with Gasteiger partial charge in [-0.3, -0.25) is 14.9 Å². The second-order valence-corrected chi connectivity index (χ2v) is 8.86. The molecule has 33 heavy (non-hydrogen) atoms. The van der Waals surface area contributed by atoms with Gasteiger partial charge in [0.1, 0.15) is 5.76 Å². The summed E-state index contributed by atoms with van der Waals surface area (Å²) < 4.78 is 11.4. The average Bonchev–Trinajstić information content (AvgIpc) is 3.48. The Hall–Kier alpha value is -3.27. The maximum Gasteiger partial charge on any atom is 0.340 e. The van der Waals surface area contributed by atoms with Crippen molar-refractivity contribution in [2.24, 2.45) is 0 Å². The number of aldehydes is 1. The number of carbonyl (C=O) groups excluding carboxylic acids is 3. The van der Waals surface area contributed by atoms with Crippen LogP contribution in [0, 0.1) is 0 Å². The molecule has 10 heteroatoms. The van der Waals surface area contributed by atoms with Crippen molar-refractivity contribution in [3.05, 3.63) is 80.8 Å². The zero-order chi connectivity index (χ0) is 23.4. The molecule has 0 saturated carbocycles. The number of ether oxygens (including phenoxy) is 1. The summed E-state index contributed by atoms with van der Waals surface area (Å²) in [5, 5.41) is 4.98. The predicted molar refractivity (Wildman–Crippen MR) is 129 cm³/mol. The Morgan fingerprint density at radius 3 is 2.61 bits per heavy atom. The smallest absolute Gasteiger partial charge is 0.340 e. The van der Waals surface area contributed by atoms with Crippen molar-refractivity contribution >= 4 is 62.2 Å². The number of halogens is 2. The highest BCUT2D eigenvalue weighted by molar-refractivity contribution is 9.10. The Labute approximate surface area is 205 Å². The molecule has 0 unspecified atom stereocenters. The molecule has 4 aromatic rings. The lowest BCUT2D eigenvalue weighted by Crippen LogP contribution is -2.21. The highest BCUT2D eigenvalue weighted by Crippen LogP contribution is 2.28. The van der Waals surface area contributed by atoms with Crippen LogP contribution in [0.4, 0.5) is 5.13 Å². The Morgan fingerprint density at radius 1 is 1.12 bits per heavy atom. The summed E-state index contributed by atoms with van der Waals surface area (Å²) in [6.45, 7) is -0.511. The summed E-state index contributed by atoms with van der Waals surface area (Å²) >= 11 is 10.8. The fraction of sp³-hybridized carbons (Fsp3) is 0.0435. The van der Waals surface area contributed by atoms with E-state index in [2.05, 4.69) is 26.2 Å². The van der Waals surface area contributed by atoms with Gasteiger partial charge in [-0.25, -0.2) is 9.78 Å². The summed E-state index contributed by atoms with van der Waals surface area (Å²) in [6, 6.07) is 15.4. The minimum absolute atomic E-state index is 0.0674. The van der Waals surface area contributed by atoms with Gasteiger partial charge in [0.25, 0.3) is 5.91 Å². The lowest BCUT2D eigenvalue weighted by molar-refractivity contribution is -0.119. The molecule has 0 radical (unpaired) electrons. The van der Waals surface area contributed by atoms with Crippen LogP contribution in [0.15, 0.2) is 68.9 Å². The first-order valence-corrected chi connectivity index (χ1v) is 11.5. The number of benzene rings is 2. The number of anilines is 1. The van der Waals surface area contributed by atoms with Crippen LogP contribution in [0.2, 0.25) is 5.02 Å². The molecule has 0 aliphatic rings. The zero-order valence-corrected chi connectivity index (χ0v) is 19.9. The molecule has 4 rings (SSSR count). The third kappa shape index (κ3) is 5.57. The molecule has 0 bridgehead atoms. The van der Waals surface area contributed by atoms with E-state index in [9.17, 15) is 14.4 Å². The summed E-state index contributed by atoms with van der Waals surface area (Å²) in [5.41, 5.74) is 2.23. The Balaban J connectivity index is 1.38. The quantitative estimate of drug-likeness (QED) is 0.223. The van der Waals surface area contributed by atoms with Crippen molar-refractivity contribution in [1.29, 1.82) is 0 Å². The van der Waals surface area contributed by atoms with Gasteiger partial charge in [-0.1, -0.05) is 39.7 Å². The van der Waals surface area contributed by atoms with Gasteiger partial charge in [-0.15, -0.1) is 11.3 Å². The van der Waals surface area contributed by atoms with Crippen LogP contribution in [-0.4, -0.2) is 29.8 Å². The standard InChI is InChI=1S/C23H14BrClN2O5S/c24-15-4-1-13(2-5-15)19-12-33-23(26-19)27-21(29)11-31-22(30)17-9-14(3-7-18(17)25)20-8-6-16(10-28)32-20/h1-10,12H,11H2,(H,26,27,29). The third-order valence-electron chi connectivity index (χ3n) is 4.44. The summed E-state index contributed by atoms with van der Waals surface area (Å²) in [6.07, 6.45) is 0.581. The fourth-order valence-corrected chi connectivity index (χ4v) is 4.05. The van der Waals surface area contributed by atoms with Crippen LogP contribution >= 0.6 is 38.9 Å². The van der Waals surface area contributed by atoms with Gasteiger partial charge in [0.15, 0.2) is 23.8 Å². The maximum absolute atomic E-state index is 12.5. The molecular formula is C23H14BrClN2O5S. The highest BCUT2D eigenvalue weighted by atomic mass is 79.9. The highest BCUT2D eigenvalue weighted by Gasteiger charge is 2.17. The van der Waals surface area contributed by atoms with E-state index >= 15 is 0 Å². The van der Waals surface area contributed by atoms with E-state index in [0.29, 0.717) is 22.7 Å². The first-order valence-electron chi connectivity index (χ1n) is 9.46. The van der Waals surface area contributed by atoms with Crippen LogP contribution in [0.5, 0.6) is 0 Å². The molecule has 2 heterocycles. The summed E-state index contributed by atoms with van der Waals surface area (Å²) in [7, 11) is 0. The number of nitrogens with zero attached hydrogens (tertiary/aromatic N) is 1. The van der Waals surface area contributed by atoms with Gasteiger partial charge in [0, 0.05) is 21.0 Å². The van der Waals surface area contributed by atoms with Crippen molar-refractivity contribution in [2.45, 2.75) is 0 Å². The van der Waals surface area contributed by atoms with Gasteiger partial charge < -0.3 is 9.15 Å². The fourth-order valence-electron chi connectivity index (χ4n) is 2.85. The average molecular weight is 546 g/mol. The first kappa shape index (κ1) is 22.9. The number of nitrogens with one attached hydrogen (secondary N) is 1. The van der Waals surface area contributed by atoms with E-state index in [4.69, 9.17) is 20.8 Å². The van der Waals surface area contributed by atoms with Crippen molar-refractivity contribution in [3.8, 4) is 22.6 Å². The van der Waals surface area contributed by atoms with Gasteiger partial charge >= 0.3 is 5.97 Å². The number of furan rings is 1. The topological polar surface area (TPSA) is 98.5 Å². The van der Waals surface area contributed by atoms with E-state index < -0.39 is 18.5 Å². The second kappa shape index (κ2) is 10.1. The number of aromatic nitrogens is 1. The molecule has 1 amide bonds. The molecule has 0 aliphatic heterocycles. The number of hydrogen-bond donors (Lipinski definition) is 1. The molecule has 166 valence electrons. The van der Waals surface area contributed by atoms with Crippen LogP contribution in [-0.2, 0) is 9.53 Å². The lowest BCUT2D eigenvalue weighted by atomic mass is 10.1. The minimum atomic E-state index is -0.770. The molecule has 0 aliphatic carbocycles. The number of hydrogen-bond acceptors (Lipinski definition) is 7. The first-order chi connectivity index (χ1) is 15.9. The molecule has 0 saturated heterocycles. The van der Waals surface area contributed by atoms with E-state index in [1.54, 1.807) is 12.1 Å². The van der Waals surface area contributed by atoms with Gasteiger partial charge in [0.05, 0.1) is 16.3 Å². The number of esters is 1. The largest absolute Gasteiger partial charge is 0.453 e. The van der Waals surface area contributed by atoms with E-state index in [1.165, 1.54) is 29.5 Å². The monoisotopic (exact) mass is 544 g/mol. The van der Waals surface area contributed by atoms with Crippen LogP contribution in [0.25, 0.3) is 22.6 Å². The van der Waals surface area contributed by atoms with Crippen LogP contribution in [0.1, 0.15) is 20.9 Å². The second-order valence-electron chi connectivity index (χ2n) is 6.68. The zero-order valence-electron chi connectivity index (χ0n) is 16.7. The number of amides is 1. The molecule has 0 atom stereocenters. The van der Waals surface area contributed by atoms with Gasteiger partial charge in [-0.05, 0) is 42.5 Å². The van der Waals surface area contributed by atoms with E-state index in [1.807, 2.05) is 29.6 Å². The van der Waals surface area contributed by atoms with Crippen LogP contribution < -0.4 is 5.32 Å².